The Balaban J connectivity index is 1.67. The molecule has 0 aliphatic rings. The second-order valence-corrected chi connectivity index (χ2v) is 9.11. The van der Waals surface area contributed by atoms with Crippen LogP contribution in [0.25, 0.3) is 11.0 Å². The number of fused-ring (bicyclic) bond motifs is 1. The van der Waals surface area contributed by atoms with Gasteiger partial charge in [0.25, 0.3) is 0 Å². The molecule has 0 spiro atoms. The number of nitrogens with zero attached hydrogens (tertiary/aromatic N) is 1. The predicted octanol–water partition coefficient (Wildman–Crippen LogP) is 1.96. The standard InChI is InChI=1S/C21H24N3O6P/c25-20(16(13-31(28,29)30)10-14-6-2-1-3-7-14)22-12-15(21(26)27)11-19-23-17-8-4-5-9-18(17)24-19/h1-9,15-16H,10-13H2,(H,22,25)(H,23,24)(H,26,27)(H2,28,29,30). The van der Waals surface area contributed by atoms with Crippen molar-refractivity contribution < 1.29 is 29.0 Å². The smallest absolute Gasteiger partial charge is 0.326 e. The fraction of sp³-hybridized carbons (Fsp3) is 0.286. The normalized spacial score (nSPS) is 13.6. The first-order chi connectivity index (χ1) is 14.7. The molecule has 3 rings (SSSR count). The van der Waals surface area contributed by atoms with E-state index in [0.717, 1.165) is 16.6 Å². The number of benzene rings is 2. The number of rotatable bonds is 10. The highest BCUT2D eigenvalue weighted by atomic mass is 31.2. The van der Waals surface area contributed by atoms with Gasteiger partial charge >= 0.3 is 13.6 Å². The zero-order valence-corrected chi connectivity index (χ0v) is 17.5. The van der Waals surface area contributed by atoms with Crippen LogP contribution in [0.5, 0.6) is 0 Å². The number of nitrogens with one attached hydrogen (secondary N) is 2. The molecule has 164 valence electrons. The quantitative estimate of drug-likeness (QED) is 0.299. The molecule has 31 heavy (non-hydrogen) atoms. The number of carbonyl (C=O) groups excluding carboxylic acids is 1. The van der Waals surface area contributed by atoms with Crippen LogP contribution >= 0.6 is 7.60 Å². The summed E-state index contributed by atoms with van der Waals surface area (Å²) < 4.78 is 11.5. The first-order valence-electron chi connectivity index (χ1n) is 9.74. The van der Waals surface area contributed by atoms with E-state index in [1.54, 1.807) is 30.3 Å². The number of aromatic amines is 1. The Kier molecular flexibility index (Phi) is 7.22. The van der Waals surface area contributed by atoms with Gasteiger partial charge in [-0.05, 0) is 24.1 Å². The number of aliphatic carboxylic acids is 1. The molecular weight excluding hydrogens is 421 g/mol. The molecular formula is C21H24N3O6P. The summed E-state index contributed by atoms with van der Waals surface area (Å²) in [6.07, 6.45) is -0.403. The van der Waals surface area contributed by atoms with Gasteiger partial charge < -0.3 is 25.2 Å². The summed E-state index contributed by atoms with van der Waals surface area (Å²) in [6.45, 7) is -0.183. The summed E-state index contributed by atoms with van der Waals surface area (Å²) in [5, 5.41) is 12.1. The SMILES string of the molecule is O=C(O)C(CNC(=O)C(Cc1ccccc1)CP(=O)(O)O)Cc1nc2ccccc2[nH]1. The van der Waals surface area contributed by atoms with Gasteiger partial charge in [0.1, 0.15) is 5.82 Å². The summed E-state index contributed by atoms with van der Waals surface area (Å²) in [4.78, 5) is 50.5. The molecule has 1 heterocycles. The molecule has 0 radical (unpaired) electrons. The second kappa shape index (κ2) is 9.87. The molecule has 2 aromatic carbocycles. The molecule has 2 unspecified atom stereocenters. The van der Waals surface area contributed by atoms with Gasteiger partial charge in [0, 0.05) is 13.0 Å². The Morgan fingerprint density at radius 1 is 1.00 bits per heavy atom. The second-order valence-electron chi connectivity index (χ2n) is 7.42. The lowest BCUT2D eigenvalue weighted by Gasteiger charge is -2.19. The number of amides is 1. The van der Waals surface area contributed by atoms with Crippen molar-refractivity contribution in [3.8, 4) is 0 Å². The van der Waals surface area contributed by atoms with E-state index in [1.807, 2.05) is 24.3 Å². The Morgan fingerprint density at radius 2 is 1.68 bits per heavy atom. The Hall–Kier alpha value is -3.00. The van der Waals surface area contributed by atoms with Crippen LogP contribution in [0.1, 0.15) is 11.4 Å². The van der Waals surface area contributed by atoms with Gasteiger partial charge in [-0.2, -0.15) is 0 Å². The van der Waals surface area contributed by atoms with Crippen molar-refractivity contribution in [3.63, 3.8) is 0 Å². The highest BCUT2D eigenvalue weighted by Gasteiger charge is 2.29. The number of aromatic nitrogens is 2. The fourth-order valence-corrected chi connectivity index (χ4v) is 4.25. The van der Waals surface area contributed by atoms with Gasteiger partial charge in [-0.3, -0.25) is 14.2 Å². The molecule has 9 nitrogen and oxygen atoms in total. The van der Waals surface area contributed by atoms with Gasteiger partial charge in [-0.1, -0.05) is 42.5 Å². The Morgan fingerprint density at radius 3 is 2.32 bits per heavy atom. The monoisotopic (exact) mass is 445 g/mol. The first-order valence-corrected chi connectivity index (χ1v) is 11.5. The number of hydrogen-bond donors (Lipinski definition) is 5. The van der Waals surface area contributed by atoms with Crippen molar-refractivity contribution in [1.29, 1.82) is 0 Å². The van der Waals surface area contributed by atoms with E-state index in [0.29, 0.717) is 5.82 Å². The van der Waals surface area contributed by atoms with Crippen LogP contribution in [-0.4, -0.2) is 49.4 Å². The molecule has 1 aromatic heterocycles. The lowest BCUT2D eigenvalue weighted by molar-refractivity contribution is -0.141. The maximum atomic E-state index is 12.7. The predicted molar refractivity (Wildman–Crippen MR) is 114 cm³/mol. The molecule has 1 amide bonds. The van der Waals surface area contributed by atoms with Crippen molar-refractivity contribution in [3.05, 3.63) is 66.0 Å². The third-order valence-corrected chi connectivity index (χ3v) is 5.82. The van der Waals surface area contributed by atoms with E-state index in [2.05, 4.69) is 15.3 Å². The van der Waals surface area contributed by atoms with Gasteiger partial charge in [-0.25, -0.2) is 4.98 Å². The zero-order valence-electron chi connectivity index (χ0n) is 16.6. The lowest BCUT2D eigenvalue weighted by atomic mass is 9.99. The molecule has 0 saturated carbocycles. The summed E-state index contributed by atoms with van der Waals surface area (Å²) in [7, 11) is -4.44. The van der Waals surface area contributed by atoms with Crippen LogP contribution in [0.3, 0.4) is 0 Å². The number of imidazole rings is 1. The third kappa shape index (κ3) is 6.75. The van der Waals surface area contributed by atoms with E-state index >= 15 is 0 Å². The molecule has 0 aliphatic heterocycles. The molecule has 10 heteroatoms. The van der Waals surface area contributed by atoms with Crippen LogP contribution in [0.4, 0.5) is 0 Å². The largest absolute Gasteiger partial charge is 0.481 e. The number of para-hydroxylation sites is 2. The molecule has 5 N–H and O–H groups in total. The van der Waals surface area contributed by atoms with Crippen molar-refractivity contribution in [2.75, 3.05) is 12.7 Å². The van der Waals surface area contributed by atoms with Crippen molar-refractivity contribution in [2.45, 2.75) is 12.8 Å². The molecule has 0 saturated heterocycles. The van der Waals surface area contributed by atoms with E-state index in [9.17, 15) is 29.0 Å². The number of carboxylic acid groups (broad SMARTS) is 1. The maximum absolute atomic E-state index is 12.7. The average molecular weight is 445 g/mol. The van der Waals surface area contributed by atoms with Crippen LogP contribution < -0.4 is 5.32 Å². The molecule has 0 aliphatic carbocycles. The lowest BCUT2D eigenvalue weighted by Crippen LogP contribution is -2.39. The highest BCUT2D eigenvalue weighted by molar-refractivity contribution is 7.51. The van der Waals surface area contributed by atoms with Gasteiger partial charge in [-0.15, -0.1) is 0 Å². The van der Waals surface area contributed by atoms with Crippen molar-refractivity contribution in [1.82, 2.24) is 15.3 Å². The topological polar surface area (TPSA) is 153 Å². The van der Waals surface area contributed by atoms with E-state index < -0.39 is 37.5 Å². The van der Waals surface area contributed by atoms with E-state index in [1.165, 1.54) is 0 Å². The summed E-state index contributed by atoms with van der Waals surface area (Å²) in [5.74, 6) is -3.14. The maximum Gasteiger partial charge on any atom is 0.326 e. The zero-order chi connectivity index (χ0) is 22.4. The van der Waals surface area contributed by atoms with Gasteiger partial charge in [0.2, 0.25) is 5.91 Å². The van der Waals surface area contributed by atoms with E-state index in [4.69, 9.17) is 0 Å². The fourth-order valence-electron chi connectivity index (χ4n) is 3.38. The van der Waals surface area contributed by atoms with Crippen molar-refractivity contribution in [2.24, 2.45) is 11.8 Å². The van der Waals surface area contributed by atoms with Crippen LogP contribution in [0, 0.1) is 11.8 Å². The molecule has 0 fully saturated rings. The van der Waals surface area contributed by atoms with Gasteiger partial charge in [0.15, 0.2) is 0 Å². The van der Waals surface area contributed by atoms with Gasteiger partial charge in [0.05, 0.1) is 29.0 Å². The van der Waals surface area contributed by atoms with Crippen LogP contribution in [0.2, 0.25) is 0 Å². The summed E-state index contributed by atoms with van der Waals surface area (Å²) >= 11 is 0. The van der Waals surface area contributed by atoms with Crippen LogP contribution in [0.15, 0.2) is 54.6 Å². The van der Waals surface area contributed by atoms with Crippen molar-refractivity contribution >= 4 is 30.5 Å². The minimum absolute atomic E-state index is 0.0755. The molecule has 2 atom stereocenters. The number of carbonyl (C=O) groups is 2. The Labute approximate surface area is 178 Å². The summed E-state index contributed by atoms with van der Waals surface area (Å²) in [5.41, 5.74) is 2.26. The van der Waals surface area contributed by atoms with Crippen LogP contribution in [-0.2, 0) is 27.0 Å². The first kappa shape index (κ1) is 22.7. The number of hydrogen-bond acceptors (Lipinski definition) is 4. The highest BCUT2D eigenvalue weighted by Crippen LogP contribution is 2.37. The number of H-pyrrole nitrogens is 1. The Bertz CT molecular complexity index is 1060. The minimum Gasteiger partial charge on any atom is -0.481 e. The average Bonchev–Trinajstić information content (AvgIpc) is 3.12. The molecule has 0 bridgehead atoms. The molecule has 3 aromatic rings. The summed E-state index contributed by atoms with van der Waals surface area (Å²) in [6, 6.07) is 16.2. The number of carboxylic acids is 1. The minimum atomic E-state index is -4.44. The van der Waals surface area contributed by atoms with E-state index in [-0.39, 0.29) is 19.4 Å². The third-order valence-electron chi connectivity index (χ3n) is 4.90.